The smallest absolute Gasteiger partial charge is 0.255 e. The van der Waals surface area contributed by atoms with Gasteiger partial charge < -0.3 is 19.5 Å². The van der Waals surface area contributed by atoms with Crippen molar-refractivity contribution in [2.45, 2.75) is 32.3 Å². The van der Waals surface area contributed by atoms with Crippen LogP contribution in [0.25, 0.3) is 0 Å². The van der Waals surface area contributed by atoms with Gasteiger partial charge in [-0.3, -0.25) is 4.79 Å². The maximum atomic E-state index is 12.5. The van der Waals surface area contributed by atoms with Crippen molar-refractivity contribution in [2.75, 3.05) is 25.1 Å². The van der Waals surface area contributed by atoms with E-state index >= 15 is 0 Å². The van der Waals surface area contributed by atoms with Crippen LogP contribution in [0.1, 0.15) is 36.5 Å². The van der Waals surface area contributed by atoms with Crippen LogP contribution in [-0.4, -0.2) is 31.8 Å². The molecule has 1 aliphatic rings. The van der Waals surface area contributed by atoms with Crippen molar-refractivity contribution in [3.8, 4) is 11.5 Å². The first-order valence-electron chi connectivity index (χ1n) is 9.14. The summed E-state index contributed by atoms with van der Waals surface area (Å²) in [5, 5.41) is 2.92. The fourth-order valence-electron chi connectivity index (χ4n) is 2.77. The van der Waals surface area contributed by atoms with Crippen LogP contribution < -0.4 is 14.8 Å². The van der Waals surface area contributed by atoms with Crippen molar-refractivity contribution in [3.63, 3.8) is 0 Å². The molecule has 3 rings (SSSR count). The summed E-state index contributed by atoms with van der Waals surface area (Å²) in [6.45, 7) is 4.02. The molecule has 0 spiro atoms. The zero-order valence-electron chi connectivity index (χ0n) is 15.1. The van der Waals surface area contributed by atoms with Crippen LogP contribution in [-0.2, 0) is 4.74 Å². The number of nitrogens with one attached hydrogen (secondary N) is 1. The topological polar surface area (TPSA) is 56.8 Å². The van der Waals surface area contributed by atoms with Crippen molar-refractivity contribution in [1.29, 1.82) is 0 Å². The van der Waals surface area contributed by atoms with Crippen LogP contribution in [0, 0.1) is 0 Å². The van der Waals surface area contributed by atoms with E-state index in [2.05, 4.69) is 12.2 Å². The number of hydrogen-bond donors (Lipinski definition) is 1. The Labute approximate surface area is 154 Å². The summed E-state index contributed by atoms with van der Waals surface area (Å²) in [7, 11) is 0. The molecule has 1 atom stereocenters. The summed E-state index contributed by atoms with van der Waals surface area (Å²) in [6.07, 6.45) is 3.17. The monoisotopic (exact) mass is 355 g/mol. The Bertz CT molecular complexity index is 708. The van der Waals surface area contributed by atoms with Gasteiger partial charge >= 0.3 is 0 Å². The summed E-state index contributed by atoms with van der Waals surface area (Å²) in [6, 6.07) is 14.6. The SMILES string of the molecule is CCCOc1ccc(C(=O)Nc2ccccc2OCC2CCCO2)cc1. The number of rotatable bonds is 8. The lowest BCUT2D eigenvalue weighted by atomic mass is 10.2. The number of benzene rings is 2. The van der Waals surface area contributed by atoms with Gasteiger partial charge in [0.15, 0.2) is 0 Å². The number of amides is 1. The van der Waals surface area contributed by atoms with E-state index in [4.69, 9.17) is 14.2 Å². The molecule has 138 valence electrons. The second kappa shape index (κ2) is 9.25. The lowest BCUT2D eigenvalue weighted by Gasteiger charge is -2.15. The molecule has 1 N–H and O–H groups in total. The van der Waals surface area contributed by atoms with E-state index in [0.29, 0.717) is 30.2 Å². The summed E-state index contributed by atoms with van der Waals surface area (Å²) >= 11 is 0. The summed E-state index contributed by atoms with van der Waals surface area (Å²) in [4.78, 5) is 12.5. The van der Waals surface area contributed by atoms with E-state index in [0.717, 1.165) is 31.6 Å². The lowest BCUT2D eigenvalue weighted by molar-refractivity contribution is 0.0682. The van der Waals surface area contributed by atoms with E-state index in [-0.39, 0.29) is 12.0 Å². The van der Waals surface area contributed by atoms with Gasteiger partial charge in [-0.05, 0) is 55.7 Å². The van der Waals surface area contributed by atoms with Crippen LogP contribution >= 0.6 is 0 Å². The normalized spacial score (nSPS) is 16.3. The zero-order valence-corrected chi connectivity index (χ0v) is 15.1. The van der Waals surface area contributed by atoms with Gasteiger partial charge in [0.05, 0.1) is 18.4 Å². The minimum Gasteiger partial charge on any atom is -0.494 e. The number of ether oxygens (including phenoxy) is 3. The molecule has 0 aromatic heterocycles. The third-order valence-electron chi connectivity index (χ3n) is 4.17. The van der Waals surface area contributed by atoms with Gasteiger partial charge in [0, 0.05) is 12.2 Å². The highest BCUT2D eigenvalue weighted by atomic mass is 16.5. The summed E-state index contributed by atoms with van der Waals surface area (Å²) < 4.78 is 17.0. The quantitative estimate of drug-likeness (QED) is 0.768. The van der Waals surface area contributed by atoms with Crippen LogP contribution in [0.2, 0.25) is 0 Å². The van der Waals surface area contributed by atoms with Gasteiger partial charge in [0.1, 0.15) is 18.1 Å². The molecule has 1 fully saturated rings. The zero-order chi connectivity index (χ0) is 18.2. The first-order valence-corrected chi connectivity index (χ1v) is 9.14. The van der Waals surface area contributed by atoms with Gasteiger partial charge in [-0.15, -0.1) is 0 Å². The highest BCUT2D eigenvalue weighted by Gasteiger charge is 2.17. The standard InChI is InChI=1S/C21H25NO4/c1-2-13-24-17-11-9-16(10-12-17)21(23)22-19-7-3-4-8-20(19)26-15-18-6-5-14-25-18/h3-4,7-12,18H,2,5-6,13-15H2,1H3,(H,22,23). The number of carbonyl (C=O) groups is 1. The highest BCUT2D eigenvalue weighted by molar-refractivity contribution is 6.05. The Morgan fingerprint density at radius 2 is 1.96 bits per heavy atom. The van der Waals surface area contributed by atoms with Crippen molar-refractivity contribution >= 4 is 11.6 Å². The Balaban J connectivity index is 1.61. The van der Waals surface area contributed by atoms with E-state index in [9.17, 15) is 4.79 Å². The molecular formula is C21H25NO4. The Morgan fingerprint density at radius 1 is 1.15 bits per heavy atom. The minimum absolute atomic E-state index is 0.134. The molecule has 1 unspecified atom stereocenters. The second-order valence-corrected chi connectivity index (χ2v) is 6.27. The third-order valence-corrected chi connectivity index (χ3v) is 4.17. The average Bonchev–Trinajstić information content (AvgIpc) is 3.19. The van der Waals surface area contributed by atoms with Crippen molar-refractivity contribution in [1.82, 2.24) is 0 Å². The molecule has 0 radical (unpaired) electrons. The molecule has 1 amide bonds. The van der Waals surface area contributed by atoms with Crippen LogP contribution in [0.3, 0.4) is 0 Å². The fourth-order valence-corrected chi connectivity index (χ4v) is 2.77. The highest BCUT2D eigenvalue weighted by Crippen LogP contribution is 2.26. The van der Waals surface area contributed by atoms with Gasteiger partial charge in [-0.2, -0.15) is 0 Å². The Morgan fingerprint density at radius 3 is 2.69 bits per heavy atom. The van der Waals surface area contributed by atoms with Crippen molar-refractivity contribution in [3.05, 3.63) is 54.1 Å². The predicted molar refractivity (Wildman–Crippen MR) is 101 cm³/mol. The lowest BCUT2D eigenvalue weighted by Crippen LogP contribution is -2.18. The van der Waals surface area contributed by atoms with E-state index < -0.39 is 0 Å². The summed E-state index contributed by atoms with van der Waals surface area (Å²) in [5.41, 5.74) is 1.23. The third kappa shape index (κ3) is 4.99. The molecule has 2 aromatic carbocycles. The molecule has 1 saturated heterocycles. The van der Waals surface area contributed by atoms with Crippen LogP contribution in [0.15, 0.2) is 48.5 Å². The molecule has 1 heterocycles. The first kappa shape index (κ1) is 18.3. The molecule has 0 aliphatic carbocycles. The molecule has 0 saturated carbocycles. The fraction of sp³-hybridized carbons (Fsp3) is 0.381. The largest absolute Gasteiger partial charge is 0.494 e. The van der Waals surface area contributed by atoms with Crippen LogP contribution in [0.5, 0.6) is 11.5 Å². The summed E-state index contributed by atoms with van der Waals surface area (Å²) in [5.74, 6) is 1.24. The molecule has 2 aromatic rings. The maximum Gasteiger partial charge on any atom is 0.255 e. The first-order chi connectivity index (χ1) is 12.8. The number of carbonyl (C=O) groups excluding carboxylic acids is 1. The van der Waals surface area contributed by atoms with E-state index in [1.807, 2.05) is 36.4 Å². The average molecular weight is 355 g/mol. The number of para-hydroxylation sites is 2. The van der Waals surface area contributed by atoms with Gasteiger partial charge in [-0.1, -0.05) is 19.1 Å². The van der Waals surface area contributed by atoms with Crippen LogP contribution in [0.4, 0.5) is 5.69 Å². The Hall–Kier alpha value is -2.53. The number of hydrogen-bond acceptors (Lipinski definition) is 4. The van der Waals surface area contributed by atoms with E-state index in [1.54, 1.807) is 12.1 Å². The van der Waals surface area contributed by atoms with Crippen molar-refractivity contribution < 1.29 is 19.0 Å². The Kier molecular flexibility index (Phi) is 6.50. The molecule has 5 nitrogen and oxygen atoms in total. The predicted octanol–water partition coefficient (Wildman–Crippen LogP) is 4.29. The van der Waals surface area contributed by atoms with Gasteiger partial charge in [0.2, 0.25) is 0 Å². The number of anilines is 1. The molecule has 5 heteroatoms. The molecular weight excluding hydrogens is 330 g/mol. The van der Waals surface area contributed by atoms with Gasteiger partial charge in [0.25, 0.3) is 5.91 Å². The minimum atomic E-state index is -0.180. The van der Waals surface area contributed by atoms with Gasteiger partial charge in [-0.25, -0.2) is 0 Å². The molecule has 1 aliphatic heterocycles. The maximum absolute atomic E-state index is 12.5. The van der Waals surface area contributed by atoms with E-state index in [1.165, 1.54) is 0 Å². The second-order valence-electron chi connectivity index (χ2n) is 6.27. The molecule has 26 heavy (non-hydrogen) atoms. The molecule has 0 bridgehead atoms. The van der Waals surface area contributed by atoms with Crippen molar-refractivity contribution in [2.24, 2.45) is 0 Å².